The summed E-state index contributed by atoms with van der Waals surface area (Å²) in [6.45, 7) is 4.90. The molecule has 2 N–H and O–H groups in total. The maximum atomic E-state index is 12.8. The van der Waals surface area contributed by atoms with E-state index in [1.54, 1.807) is 42.5 Å². The van der Waals surface area contributed by atoms with Gasteiger partial charge in [-0.05, 0) is 79.6 Å². The molecule has 1 aliphatic carbocycles. The number of rotatable bonds is 11. The Kier molecular flexibility index (Phi) is 8.28. The smallest absolute Gasteiger partial charge is 0.255 e. The first-order valence-corrected chi connectivity index (χ1v) is 13.9. The molecule has 0 unspecified atom stereocenters. The van der Waals surface area contributed by atoms with Gasteiger partial charge in [-0.1, -0.05) is 30.3 Å². The van der Waals surface area contributed by atoms with Crippen LogP contribution in [-0.2, 0) is 35.2 Å². The second kappa shape index (κ2) is 11.6. The van der Waals surface area contributed by atoms with Gasteiger partial charge in [-0.15, -0.1) is 0 Å². The van der Waals surface area contributed by atoms with Gasteiger partial charge in [-0.3, -0.25) is 4.79 Å². The van der Waals surface area contributed by atoms with E-state index in [1.165, 1.54) is 11.1 Å². The van der Waals surface area contributed by atoms with E-state index in [2.05, 4.69) is 10.0 Å². The van der Waals surface area contributed by atoms with Crippen molar-refractivity contribution in [1.82, 2.24) is 4.72 Å². The number of benzene rings is 3. The van der Waals surface area contributed by atoms with Crippen LogP contribution in [0.5, 0.6) is 11.5 Å². The zero-order valence-electron chi connectivity index (χ0n) is 20.7. The van der Waals surface area contributed by atoms with Crippen LogP contribution in [0.15, 0.2) is 60.7 Å². The molecule has 8 heteroatoms. The Labute approximate surface area is 212 Å². The summed E-state index contributed by atoms with van der Waals surface area (Å²) >= 11 is 0. The van der Waals surface area contributed by atoms with Crippen molar-refractivity contribution in [3.63, 3.8) is 0 Å². The Morgan fingerprint density at radius 3 is 2.33 bits per heavy atom. The average molecular weight is 509 g/mol. The molecule has 0 aliphatic heterocycles. The first-order chi connectivity index (χ1) is 17.4. The minimum Gasteiger partial charge on any atom is -0.494 e. The van der Waals surface area contributed by atoms with Gasteiger partial charge < -0.3 is 14.8 Å². The zero-order chi connectivity index (χ0) is 25.5. The van der Waals surface area contributed by atoms with Crippen LogP contribution in [0, 0.1) is 0 Å². The molecule has 0 aromatic heterocycles. The Morgan fingerprint density at radius 1 is 0.861 bits per heavy atom. The molecule has 7 nitrogen and oxygen atoms in total. The molecule has 190 valence electrons. The SMILES string of the molecule is CCOc1ccc(OCC)c(NC(=O)c2ccc(CNS(=O)(=O)Cc3ccc4c(c3)CCC4)cc2)c1. The number of carbonyl (C=O) groups is 1. The van der Waals surface area contributed by atoms with Crippen LogP contribution in [0.2, 0.25) is 0 Å². The maximum absolute atomic E-state index is 12.8. The van der Waals surface area contributed by atoms with E-state index in [9.17, 15) is 13.2 Å². The molecule has 4 rings (SSSR count). The van der Waals surface area contributed by atoms with Gasteiger partial charge in [0.2, 0.25) is 10.0 Å². The molecular weight excluding hydrogens is 476 g/mol. The van der Waals surface area contributed by atoms with E-state index in [-0.39, 0.29) is 18.2 Å². The van der Waals surface area contributed by atoms with Crippen LogP contribution < -0.4 is 19.5 Å². The van der Waals surface area contributed by atoms with Crippen molar-refractivity contribution in [2.45, 2.75) is 45.4 Å². The number of fused-ring (bicyclic) bond motifs is 1. The quantitative estimate of drug-likeness (QED) is 0.386. The van der Waals surface area contributed by atoms with Crippen molar-refractivity contribution >= 4 is 21.6 Å². The van der Waals surface area contributed by atoms with Gasteiger partial charge in [0.15, 0.2) is 0 Å². The maximum Gasteiger partial charge on any atom is 0.255 e. The van der Waals surface area contributed by atoms with Crippen LogP contribution in [0.4, 0.5) is 5.69 Å². The largest absolute Gasteiger partial charge is 0.494 e. The van der Waals surface area contributed by atoms with Gasteiger partial charge in [0.25, 0.3) is 5.91 Å². The number of hydrogen-bond donors (Lipinski definition) is 2. The molecule has 0 atom stereocenters. The van der Waals surface area contributed by atoms with E-state index >= 15 is 0 Å². The van der Waals surface area contributed by atoms with Crippen molar-refractivity contribution in [2.24, 2.45) is 0 Å². The third-order valence-electron chi connectivity index (χ3n) is 6.04. The predicted octanol–water partition coefficient (Wildman–Crippen LogP) is 4.84. The molecule has 36 heavy (non-hydrogen) atoms. The van der Waals surface area contributed by atoms with E-state index in [0.29, 0.717) is 36.0 Å². The summed E-state index contributed by atoms with van der Waals surface area (Å²) in [5.41, 5.74) is 5.12. The van der Waals surface area contributed by atoms with Crippen molar-refractivity contribution < 1.29 is 22.7 Å². The normalized spacial score (nSPS) is 12.7. The van der Waals surface area contributed by atoms with Crippen molar-refractivity contribution in [2.75, 3.05) is 18.5 Å². The third kappa shape index (κ3) is 6.65. The summed E-state index contributed by atoms with van der Waals surface area (Å²) in [4.78, 5) is 12.8. The molecule has 0 saturated heterocycles. The topological polar surface area (TPSA) is 93.7 Å². The Bertz CT molecular complexity index is 1320. The highest BCUT2D eigenvalue weighted by atomic mass is 32.2. The fourth-order valence-electron chi connectivity index (χ4n) is 4.29. The first kappa shape index (κ1) is 25.7. The van der Waals surface area contributed by atoms with Crippen LogP contribution >= 0.6 is 0 Å². The van der Waals surface area contributed by atoms with Crippen LogP contribution in [0.1, 0.15) is 52.9 Å². The molecule has 1 amide bonds. The van der Waals surface area contributed by atoms with Gasteiger partial charge in [0.05, 0.1) is 24.7 Å². The molecule has 0 fully saturated rings. The lowest BCUT2D eigenvalue weighted by molar-refractivity contribution is 0.102. The lowest BCUT2D eigenvalue weighted by atomic mass is 10.1. The van der Waals surface area contributed by atoms with Gasteiger partial charge in [-0.2, -0.15) is 0 Å². The number of sulfonamides is 1. The fourth-order valence-corrected chi connectivity index (χ4v) is 5.40. The summed E-state index contributed by atoms with van der Waals surface area (Å²) in [6.07, 6.45) is 3.22. The number of carbonyl (C=O) groups excluding carboxylic acids is 1. The summed E-state index contributed by atoms with van der Waals surface area (Å²) in [5.74, 6) is 0.847. The lowest BCUT2D eigenvalue weighted by Gasteiger charge is -2.14. The highest BCUT2D eigenvalue weighted by Crippen LogP contribution is 2.30. The average Bonchev–Trinajstić information content (AvgIpc) is 3.33. The van der Waals surface area contributed by atoms with Crippen LogP contribution in [0.3, 0.4) is 0 Å². The van der Waals surface area contributed by atoms with E-state index in [4.69, 9.17) is 9.47 Å². The van der Waals surface area contributed by atoms with Crippen molar-refractivity contribution in [3.8, 4) is 11.5 Å². The van der Waals surface area contributed by atoms with E-state index < -0.39 is 10.0 Å². The Morgan fingerprint density at radius 2 is 1.58 bits per heavy atom. The fraction of sp³-hybridized carbons (Fsp3) is 0.321. The number of hydrogen-bond acceptors (Lipinski definition) is 5. The molecular formula is C28H32N2O5S. The van der Waals surface area contributed by atoms with Gasteiger partial charge in [0, 0.05) is 18.2 Å². The number of nitrogens with one attached hydrogen (secondary N) is 2. The minimum absolute atomic E-state index is 0.0518. The van der Waals surface area contributed by atoms with E-state index in [1.807, 2.05) is 32.0 Å². The monoisotopic (exact) mass is 508 g/mol. The molecule has 0 bridgehead atoms. The van der Waals surface area contributed by atoms with Gasteiger partial charge in [0.1, 0.15) is 11.5 Å². The number of anilines is 1. The summed E-state index contributed by atoms with van der Waals surface area (Å²) in [6, 6.07) is 18.1. The van der Waals surface area contributed by atoms with Crippen LogP contribution in [0.25, 0.3) is 0 Å². The highest BCUT2D eigenvalue weighted by Gasteiger charge is 2.16. The predicted molar refractivity (Wildman–Crippen MR) is 141 cm³/mol. The number of amides is 1. The molecule has 0 radical (unpaired) electrons. The summed E-state index contributed by atoms with van der Waals surface area (Å²) in [7, 11) is -3.49. The molecule has 3 aromatic carbocycles. The number of aryl methyl sites for hydroxylation is 2. The first-order valence-electron chi connectivity index (χ1n) is 12.2. The lowest BCUT2D eigenvalue weighted by Crippen LogP contribution is -2.24. The zero-order valence-corrected chi connectivity index (χ0v) is 21.5. The van der Waals surface area contributed by atoms with Crippen LogP contribution in [-0.4, -0.2) is 27.5 Å². The second-order valence-electron chi connectivity index (χ2n) is 8.71. The molecule has 0 heterocycles. The second-order valence-corrected chi connectivity index (χ2v) is 10.5. The molecule has 0 spiro atoms. The van der Waals surface area contributed by atoms with Crippen molar-refractivity contribution in [3.05, 3.63) is 88.5 Å². The summed E-state index contributed by atoms with van der Waals surface area (Å²) in [5, 5.41) is 2.88. The number of ether oxygens (including phenoxy) is 2. The molecule has 1 aliphatic rings. The Hall–Kier alpha value is -3.36. The van der Waals surface area contributed by atoms with E-state index in [0.717, 1.165) is 30.4 Å². The Balaban J connectivity index is 1.36. The standard InChI is InChI=1S/C28H32N2O5S/c1-3-34-25-14-15-27(35-4-2)26(17-25)30-28(31)23-12-8-20(9-13-23)18-29-36(32,33)19-21-10-11-22-6-5-7-24(22)16-21/h8-17,29H,3-7,18-19H2,1-2H3,(H,30,31). The van der Waals surface area contributed by atoms with Gasteiger partial charge >= 0.3 is 0 Å². The summed E-state index contributed by atoms with van der Waals surface area (Å²) < 4.78 is 39.0. The highest BCUT2D eigenvalue weighted by molar-refractivity contribution is 7.88. The molecule has 0 saturated carbocycles. The molecule has 3 aromatic rings. The minimum atomic E-state index is -3.49. The third-order valence-corrected chi connectivity index (χ3v) is 7.34. The van der Waals surface area contributed by atoms with Gasteiger partial charge in [-0.25, -0.2) is 13.1 Å². The van der Waals surface area contributed by atoms with Crippen molar-refractivity contribution in [1.29, 1.82) is 0 Å².